The van der Waals surface area contributed by atoms with Gasteiger partial charge < -0.3 is 5.73 Å². The topological polar surface area (TPSA) is 38.9 Å². The Balaban J connectivity index is 2.18. The highest BCUT2D eigenvalue weighted by Crippen LogP contribution is 2.51. The first-order valence-electron chi connectivity index (χ1n) is 4.40. The highest BCUT2D eigenvalue weighted by atomic mass is 32.1. The van der Waals surface area contributed by atoms with Gasteiger partial charge in [0.05, 0.1) is 5.01 Å². The second-order valence-corrected chi connectivity index (χ2v) is 4.83. The van der Waals surface area contributed by atoms with Crippen LogP contribution in [0.5, 0.6) is 0 Å². The summed E-state index contributed by atoms with van der Waals surface area (Å²) in [6, 6.07) is 0. The van der Waals surface area contributed by atoms with E-state index in [1.165, 1.54) is 22.7 Å². The second-order valence-electron chi connectivity index (χ2n) is 3.60. The van der Waals surface area contributed by atoms with E-state index in [9.17, 15) is 0 Å². The van der Waals surface area contributed by atoms with Crippen molar-refractivity contribution in [3.05, 3.63) is 16.1 Å². The Kier molecular flexibility index (Phi) is 1.93. The maximum atomic E-state index is 5.58. The minimum atomic E-state index is 0.397. The van der Waals surface area contributed by atoms with Crippen LogP contribution in [0.3, 0.4) is 0 Å². The molecule has 0 aliphatic heterocycles. The summed E-state index contributed by atoms with van der Waals surface area (Å²) in [5.74, 6) is 0. The molecule has 0 unspecified atom stereocenters. The smallest absolute Gasteiger partial charge is 0.0989 e. The number of aromatic nitrogens is 1. The van der Waals surface area contributed by atoms with Gasteiger partial charge in [-0.05, 0) is 32.7 Å². The van der Waals surface area contributed by atoms with Gasteiger partial charge in [-0.2, -0.15) is 0 Å². The molecule has 1 saturated carbocycles. The molecule has 0 radical (unpaired) electrons. The maximum absolute atomic E-state index is 5.58. The highest BCUT2D eigenvalue weighted by Gasteiger charge is 2.45. The summed E-state index contributed by atoms with van der Waals surface area (Å²) in [5, 5.41) is 1.31. The summed E-state index contributed by atoms with van der Waals surface area (Å²) >= 11 is 1.83. The lowest BCUT2D eigenvalue weighted by atomic mass is 10.0. The quantitative estimate of drug-likeness (QED) is 0.774. The molecule has 0 aromatic carbocycles. The largest absolute Gasteiger partial charge is 0.330 e. The van der Waals surface area contributed by atoms with Gasteiger partial charge >= 0.3 is 0 Å². The fraction of sp³-hybridized carbons (Fsp3) is 0.667. The van der Waals surface area contributed by atoms with E-state index in [2.05, 4.69) is 11.9 Å². The summed E-state index contributed by atoms with van der Waals surface area (Å²) in [6.07, 6.45) is 5.66. The standard InChI is InChI=1S/C9H14N2S/c1-7-6-11-8(12-7)9(2-3-9)4-5-10/h6H,2-5,10H2,1H3. The maximum Gasteiger partial charge on any atom is 0.0989 e. The van der Waals surface area contributed by atoms with Crippen molar-refractivity contribution in [1.29, 1.82) is 0 Å². The first kappa shape index (κ1) is 8.20. The van der Waals surface area contributed by atoms with Crippen LogP contribution in [0.4, 0.5) is 0 Å². The molecule has 0 spiro atoms. The first-order valence-corrected chi connectivity index (χ1v) is 5.21. The van der Waals surface area contributed by atoms with Crippen molar-refractivity contribution in [2.75, 3.05) is 6.54 Å². The molecule has 0 amide bonds. The van der Waals surface area contributed by atoms with Crippen LogP contribution in [0.2, 0.25) is 0 Å². The minimum Gasteiger partial charge on any atom is -0.330 e. The number of nitrogens with two attached hydrogens (primary N) is 1. The lowest BCUT2D eigenvalue weighted by Crippen LogP contribution is -2.12. The molecule has 1 heterocycles. The summed E-state index contributed by atoms with van der Waals surface area (Å²) in [5.41, 5.74) is 5.97. The second kappa shape index (κ2) is 2.82. The molecule has 1 fully saturated rings. The Labute approximate surface area is 76.8 Å². The fourth-order valence-electron chi connectivity index (χ4n) is 1.60. The molecule has 2 rings (SSSR count). The van der Waals surface area contributed by atoms with E-state index < -0.39 is 0 Å². The van der Waals surface area contributed by atoms with Crippen molar-refractivity contribution in [2.45, 2.75) is 31.6 Å². The van der Waals surface area contributed by atoms with Gasteiger partial charge in [0.25, 0.3) is 0 Å². The number of nitrogens with zero attached hydrogens (tertiary/aromatic N) is 1. The Morgan fingerprint density at radius 3 is 2.83 bits per heavy atom. The van der Waals surface area contributed by atoms with E-state index in [-0.39, 0.29) is 0 Å². The predicted molar refractivity (Wildman–Crippen MR) is 51.4 cm³/mol. The van der Waals surface area contributed by atoms with Crippen LogP contribution >= 0.6 is 11.3 Å². The number of aryl methyl sites for hydroxylation is 1. The molecule has 1 aromatic heterocycles. The number of thiazole rings is 1. The van der Waals surface area contributed by atoms with E-state index in [4.69, 9.17) is 5.73 Å². The normalized spacial score (nSPS) is 19.5. The van der Waals surface area contributed by atoms with Gasteiger partial charge in [-0.1, -0.05) is 0 Å². The van der Waals surface area contributed by atoms with Gasteiger partial charge in [0.2, 0.25) is 0 Å². The SMILES string of the molecule is Cc1cnc(C2(CCN)CC2)s1. The van der Waals surface area contributed by atoms with E-state index in [0.29, 0.717) is 5.41 Å². The van der Waals surface area contributed by atoms with Crippen molar-refractivity contribution in [1.82, 2.24) is 4.98 Å². The lowest BCUT2D eigenvalue weighted by Gasteiger charge is -2.08. The minimum absolute atomic E-state index is 0.397. The lowest BCUT2D eigenvalue weighted by molar-refractivity contribution is 0.624. The van der Waals surface area contributed by atoms with Crippen LogP contribution < -0.4 is 5.73 Å². The molecule has 12 heavy (non-hydrogen) atoms. The van der Waals surface area contributed by atoms with Gasteiger partial charge in [-0.25, -0.2) is 4.98 Å². The molecule has 1 aromatic rings. The van der Waals surface area contributed by atoms with Crippen molar-refractivity contribution in [3.63, 3.8) is 0 Å². The average molecular weight is 182 g/mol. The summed E-state index contributed by atoms with van der Waals surface area (Å²) < 4.78 is 0. The zero-order valence-electron chi connectivity index (χ0n) is 7.34. The molecule has 1 aliphatic rings. The molecule has 3 heteroatoms. The van der Waals surface area contributed by atoms with Gasteiger partial charge in [0.15, 0.2) is 0 Å². The highest BCUT2D eigenvalue weighted by molar-refractivity contribution is 7.11. The van der Waals surface area contributed by atoms with Crippen LogP contribution in [0.1, 0.15) is 29.1 Å². The third kappa shape index (κ3) is 1.27. The van der Waals surface area contributed by atoms with Crippen molar-refractivity contribution < 1.29 is 0 Å². The molecule has 2 nitrogen and oxygen atoms in total. The van der Waals surface area contributed by atoms with Crippen LogP contribution in [-0.4, -0.2) is 11.5 Å². The van der Waals surface area contributed by atoms with Crippen LogP contribution in [0.25, 0.3) is 0 Å². The fourth-order valence-corrected chi connectivity index (χ4v) is 2.64. The van der Waals surface area contributed by atoms with E-state index in [1.807, 2.05) is 17.5 Å². The molecular formula is C9H14N2S. The monoisotopic (exact) mass is 182 g/mol. The van der Waals surface area contributed by atoms with E-state index >= 15 is 0 Å². The Bertz CT molecular complexity index is 276. The number of rotatable bonds is 3. The zero-order valence-corrected chi connectivity index (χ0v) is 8.16. The Hall–Kier alpha value is -0.410. The third-order valence-electron chi connectivity index (χ3n) is 2.55. The van der Waals surface area contributed by atoms with Crippen molar-refractivity contribution in [3.8, 4) is 0 Å². The van der Waals surface area contributed by atoms with E-state index in [1.54, 1.807) is 0 Å². The zero-order chi connectivity index (χ0) is 8.60. The summed E-state index contributed by atoms with van der Waals surface area (Å²) in [4.78, 5) is 5.74. The Morgan fingerprint density at radius 2 is 2.42 bits per heavy atom. The van der Waals surface area contributed by atoms with Gasteiger partial charge in [0.1, 0.15) is 0 Å². The van der Waals surface area contributed by atoms with Crippen molar-refractivity contribution >= 4 is 11.3 Å². The van der Waals surface area contributed by atoms with Crippen LogP contribution in [0, 0.1) is 6.92 Å². The van der Waals surface area contributed by atoms with Gasteiger partial charge in [0, 0.05) is 16.5 Å². The Morgan fingerprint density at radius 1 is 1.67 bits per heavy atom. The molecule has 0 saturated heterocycles. The van der Waals surface area contributed by atoms with Crippen LogP contribution in [-0.2, 0) is 5.41 Å². The van der Waals surface area contributed by atoms with Gasteiger partial charge in [-0.3, -0.25) is 0 Å². The van der Waals surface area contributed by atoms with Crippen LogP contribution in [0.15, 0.2) is 6.20 Å². The van der Waals surface area contributed by atoms with Crippen molar-refractivity contribution in [2.24, 2.45) is 5.73 Å². The average Bonchev–Trinajstić information content (AvgIpc) is 2.69. The molecule has 0 bridgehead atoms. The number of hydrogen-bond acceptors (Lipinski definition) is 3. The molecule has 2 N–H and O–H groups in total. The molecular weight excluding hydrogens is 168 g/mol. The summed E-state index contributed by atoms with van der Waals surface area (Å²) in [6.45, 7) is 2.90. The van der Waals surface area contributed by atoms with E-state index in [0.717, 1.165) is 13.0 Å². The molecule has 0 atom stereocenters. The third-order valence-corrected chi connectivity index (χ3v) is 3.71. The van der Waals surface area contributed by atoms with Gasteiger partial charge in [-0.15, -0.1) is 11.3 Å². The first-order chi connectivity index (χ1) is 5.77. The predicted octanol–water partition coefficient (Wildman–Crippen LogP) is 1.83. The summed E-state index contributed by atoms with van der Waals surface area (Å²) in [7, 11) is 0. The number of hydrogen-bond donors (Lipinski definition) is 1. The molecule has 66 valence electrons. The molecule has 1 aliphatic carbocycles.